The Morgan fingerprint density at radius 1 is 0.730 bits per heavy atom. The second-order valence-corrected chi connectivity index (χ2v) is 15.9. The van der Waals surface area contributed by atoms with E-state index in [1.807, 2.05) is 0 Å². The number of quaternary nitrogens is 2. The number of ether oxygens (including phenoxy) is 1. The van der Waals surface area contributed by atoms with E-state index < -0.39 is 0 Å². The molecule has 0 aromatic rings. The molecule has 2 saturated heterocycles. The number of hydrogen-bond donors (Lipinski definition) is 0. The summed E-state index contributed by atoms with van der Waals surface area (Å²) in [6.45, 7) is 12.3. The molecule has 0 radical (unpaired) electrons. The van der Waals surface area contributed by atoms with E-state index in [0.717, 1.165) is 34.2 Å². The summed E-state index contributed by atoms with van der Waals surface area (Å²) in [4.78, 5) is 12.4. The van der Waals surface area contributed by atoms with Gasteiger partial charge in [-0.1, -0.05) is 13.8 Å². The molecule has 4 saturated carbocycles. The van der Waals surface area contributed by atoms with Gasteiger partial charge in [0, 0.05) is 25.2 Å². The van der Waals surface area contributed by atoms with Gasteiger partial charge in [0.05, 0.1) is 46.3 Å². The monoisotopic (exact) mass is 514 g/mol. The summed E-state index contributed by atoms with van der Waals surface area (Å²) in [6.07, 6.45) is 19.8. The zero-order valence-corrected chi connectivity index (χ0v) is 25.0. The van der Waals surface area contributed by atoms with E-state index in [9.17, 15) is 4.79 Å². The van der Waals surface area contributed by atoms with Crippen LogP contribution in [0.5, 0.6) is 0 Å². The summed E-state index contributed by atoms with van der Waals surface area (Å²) in [6, 6.07) is 1.42. The van der Waals surface area contributed by atoms with Crippen molar-refractivity contribution in [2.24, 2.45) is 34.5 Å². The van der Waals surface area contributed by atoms with Crippen molar-refractivity contribution >= 4 is 5.97 Å². The van der Waals surface area contributed by atoms with Crippen molar-refractivity contribution in [3.8, 4) is 0 Å². The lowest BCUT2D eigenvalue weighted by molar-refractivity contribution is -0.940. The first-order chi connectivity index (χ1) is 17.6. The van der Waals surface area contributed by atoms with E-state index >= 15 is 0 Å². The predicted octanol–water partition coefficient (Wildman–Crippen LogP) is 6.57. The van der Waals surface area contributed by atoms with Crippen LogP contribution in [0.1, 0.15) is 111 Å². The Kier molecular flexibility index (Phi) is 6.83. The molecule has 6 rings (SSSR count). The Morgan fingerprint density at radius 3 is 2.00 bits per heavy atom. The highest BCUT2D eigenvalue weighted by molar-refractivity contribution is 5.66. The van der Waals surface area contributed by atoms with Gasteiger partial charge in [0.1, 0.15) is 6.04 Å². The molecule has 2 heterocycles. The van der Waals surface area contributed by atoms with Crippen LogP contribution in [0.4, 0.5) is 0 Å². The number of hydrogen-bond acceptors (Lipinski definition) is 2. The zero-order chi connectivity index (χ0) is 26.1. The Hall–Kier alpha value is -0.610. The SMILES string of the molecule is CC(=O)O[C@H]1[C@@H]([N+]2(C)CCCCC2)C[C@H]2[C@@H]3CC[C@H]4C[C@@H]([N+]5(C)CCCCC5)CC[C@]4(C)[C@H]3CC[C@@]21C. The Morgan fingerprint density at radius 2 is 1.35 bits per heavy atom. The number of likely N-dealkylation sites (N-methyl/N-ethyl adjacent to an activating group) is 1. The lowest BCUT2D eigenvalue weighted by Gasteiger charge is -2.61. The van der Waals surface area contributed by atoms with Gasteiger partial charge in [0.2, 0.25) is 0 Å². The van der Waals surface area contributed by atoms with Crippen molar-refractivity contribution in [1.82, 2.24) is 0 Å². The van der Waals surface area contributed by atoms with E-state index in [1.165, 1.54) is 121 Å². The topological polar surface area (TPSA) is 26.3 Å². The third kappa shape index (κ3) is 4.25. The van der Waals surface area contributed by atoms with Crippen LogP contribution in [-0.4, -0.2) is 73.4 Å². The predicted molar refractivity (Wildman–Crippen MR) is 150 cm³/mol. The van der Waals surface area contributed by atoms with Crippen molar-refractivity contribution in [3.05, 3.63) is 0 Å². The summed E-state index contributed by atoms with van der Waals surface area (Å²) in [5.74, 6) is 3.35. The van der Waals surface area contributed by atoms with Crippen LogP contribution in [0.25, 0.3) is 0 Å². The molecule has 6 aliphatic rings. The van der Waals surface area contributed by atoms with Gasteiger partial charge in [-0.05, 0) is 106 Å². The average Bonchev–Trinajstić information content (AvgIpc) is 3.17. The second-order valence-electron chi connectivity index (χ2n) is 15.9. The fourth-order valence-corrected chi connectivity index (χ4v) is 11.9. The fraction of sp³-hybridized carbons (Fsp3) is 0.970. The molecule has 0 amide bonds. The third-order valence-corrected chi connectivity index (χ3v) is 14.2. The van der Waals surface area contributed by atoms with Crippen molar-refractivity contribution < 1.29 is 18.5 Å². The number of piperidine rings is 2. The van der Waals surface area contributed by atoms with Crippen molar-refractivity contribution in [2.45, 2.75) is 129 Å². The van der Waals surface area contributed by atoms with Crippen molar-refractivity contribution in [2.75, 3.05) is 40.3 Å². The van der Waals surface area contributed by atoms with E-state index in [0.29, 0.717) is 11.5 Å². The molecule has 0 aromatic carbocycles. The summed E-state index contributed by atoms with van der Waals surface area (Å²) < 4.78 is 8.89. The van der Waals surface area contributed by atoms with Gasteiger partial charge in [-0.25, -0.2) is 0 Å². The number of fused-ring (bicyclic) bond motifs is 5. The summed E-state index contributed by atoms with van der Waals surface area (Å²) in [7, 11) is 5.10. The molecule has 0 unspecified atom stereocenters. The van der Waals surface area contributed by atoms with E-state index in [-0.39, 0.29) is 17.5 Å². The molecule has 0 aromatic heterocycles. The minimum absolute atomic E-state index is 0.0501. The summed E-state index contributed by atoms with van der Waals surface area (Å²) in [5.41, 5.74) is 0.706. The van der Waals surface area contributed by atoms with Gasteiger partial charge in [-0.3, -0.25) is 4.79 Å². The number of esters is 1. The number of carbonyl (C=O) groups excluding carboxylic acids is 1. The van der Waals surface area contributed by atoms with E-state index in [1.54, 1.807) is 6.92 Å². The first-order valence-electron chi connectivity index (χ1n) is 16.4. The van der Waals surface area contributed by atoms with Gasteiger partial charge in [0.25, 0.3) is 0 Å². The van der Waals surface area contributed by atoms with E-state index in [2.05, 4.69) is 27.9 Å². The minimum Gasteiger partial charge on any atom is -0.456 e. The normalized spacial score (nSPS) is 48.8. The van der Waals surface area contributed by atoms with Crippen LogP contribution in [0.15, 0.2) is 0 Å². The minimum atomic E-state index is -0.0501. The lowest BCUT2D eigenvalue weighted by Crippen LogP contribution is -2.61. The first kappa shape index (κ1) is 26.6. The molecule has 0 N–H and O–H groups in total. The second kappa shape index (κ2) is 9.50. The molecule has 6 fully saturated rings. The zero-order valence-electron chi connectivity index (χ0n) is 25.0. The maximum absolute atomic E-state index is 12.4. The smallest absolute Gasteiger partial charge is 0.303 e. The number of likely N-dealkylation sites (tertiary alicyclic amines) is 2. The standard InChI is InChI=1S/C33H58N2O2/c1-24(36)37-31-30(35(5)20-10-7-11-21-35)23-29-27-13-12-25-22-26(34(4)18-8-6-9-19-34)14-16-32(25,2)28(27)15-17-33(29,31)3/h25-31H,6-23H2,1-5H3/q+2/t25-,26-,27+,28-,29-,30-,31-,32-,33-/m0/s1. The Bertz CT molecular complexity index is 860. The molecule has 4 aliphatic carbocycles. The third-order valence-electron chi connectivity index (χ3n) is 14.2. The maximum atomic E-state index is 12.4. The van der Waals surface area contributed by atoms with Gasteiger partial charge in [0.15, 0.2) is 6.10 Å². The van der Waals surface area contributed by atoms with Crippen molar-refractivity contribution in [1.29, 1.82) is 0 Å². The molecule has 0 bridgehead atoms. The number of carbonyl (C=O) groups is 1. The molecular weight excluding hydrogens is 456 g/mol. The molecule has 0 spiro atoms. The number of rotatable bonds is 3. The highest BCUT2D eigenvalue weighted by Gasteiger charge is 2.67. The van der Waals surface area contributed by atoms with Gasteiger partial charge < -0.3 is 13.7 Å². The van der Waals surface area contributed by atoms with Crippen LogP contribution in [0.2, 0.25) is 0 Å². The molecule has 4 heteroatoms. The van der Waals surface area contributed by atoms with Crippen molar-refractivity contribution in [3.63, 3.8) is 0 Å². The molecule has 9 atom stereocenters. The molecule has 210 valence electrons. The van der Waals surface area contributed by atoms with Gasteiger partial charge in [-0.2, -0.15) is 0 Å². The largest absolute Gasteiger partial charge is 0.456 e. The van der Waals surface area contributed by atoms with Crippen LogP contribution < -0.4 is 0 Å². The summed E-state index contributed by atoms with van der Waals surface area (Å²) in [5, 5.41) is 0. The highest BCUT2D eigenvalue weighted by atomic mass is 16.5. The lowest BCUT2D eigenvalue weighted by atomic mass is 9.45. The molecule has 2 aliphatic heterocycles. The molecular formula is C33H58N2O2+2. The quantitative estimate of drug-likeness (QED) is 0.315. The Balaban J connectivity index is 1.24. The average molecular weight is 515 g/mol. The first-order valence-corrected chi connectivity index (χ1v) is 16.4. The van der Waals surface area contributed by atoms with E-state index in [4.69, 9.17) is 4.74 Å². The summed E-state index contributed by atoms with van der Waals surface area (Å²) >= 11 is 0. The van der Waals surface area contributed by atoms with Crippen LogP contribution >= 0.6 is 0 Å². The van der Waals surface area contributed by atoms with Gasteiger partial charge in [-0.15, -0.1) is 0 Å². The fourth-order valence-electron chi connectivity index (χ4n) is 11.9. The maximum Gasteiger partial charge on any atom is 0.303 e. The van der Waals surface area contributed by atoms with Gasteiger partial charge >= 0.3 is 5.97 Å². The molecule has 37 heavy (non-hydrogen) atoms. The van der Waals surface area contributed by atoms with Crippen LogP contribution in [0, 0.1) is 34.5 Å². The van der Waals surface area contributed by atoms with Crippen LogP contribution in [0.3, 0.4) is 0 Å². The number of nitrogens with zero attached hydrogens (tertiary/aromatic N) is 2. The highest BCUT2D eigenvalue weighted by Crippen LogP contribution is 2.67. The van der Waals surface area contributed by atoms with Crippen LogP contribution in [-0.2, 0) is 9.53 Å². The Labute approximate surface area is 228 Å². The molecule has 4 nitrogen and oxygen atoms in total.